The van der Waals surface area contributed by atoms with Gasteiger partial charge < -0.3 is 0 Å². The Morgan fingerprint density at radius 3 is 2.68 bits per heavy atom. The van der Waals surface area contributed by atoms with Crippen molar-refractivity contribution >= 4 is 39.3 Å². The highest BCUT2D eigenvalue weighted by Crippen LogP contribution is 2.28. The van der Waals surface area contributed by atoms with E-state index in [2.05, 4.69) is 39.4 Å². The van der Waals surface area contributed by atoms with Crippen molar-refractivity contribution < 1.29 is 0 Å². The standard InChI is InChI=1S/C27H21N5OS/c1-17-12-13-18(2)23(15-17)31-25(33)21-10-3-4-11-22(21)32-26(31)29-30-27(32)34-16-20-8-5-7-19-9-6-14-28-24(19)20/h3-15H,16H2,1-2H3. The lowest BCUT2D eigenvalue weighted by Gasteiger charge is -2.14. The first kappa shape index (κ1) is 20.6. The number of hydrogen-bond donors (Lipinski definition) is 0. The van der Waals surface area contributed by atoms with E-state index in [0.29, 0.717) is 16.9 Å². The van der Waals surface area contributed by atoms with E-state index in [1.807, 2.05) is 73.0 Å². The number of aromatic nitrogens is 5. The van der Waals surface area contributed by atoms with Gasteiger partial charge in [0.1, 0.15) is 0 Å². The number of aryl methyl sites for hydroxylation is 2. The molecule has 0 atom stereocenters. The number of pyridine rings is 1. The number of benzene rings is 3. The van der Waals surface area contributed by atoms with Gasteiger partial charge in [-0.15, -0.1) is 10.2 Å². The third-order valence-electron chi connectivity index (χ3n) is 6.07. The topological polar surface area (TPSA) is 65.1 Å². The fourth-order valence-corrected chi connectivity index (χ4v) is 5.30. The normalized spacial score (nSPS) is 11.6. The zero-order valence-electron chi connectivity index (χ0n) is 18.8. The number of hydrogen-bond acceptors (Lipinski definition) is 5. The highest BCUT2D eigenvalue weighted by molar-refractivity contribution is 7.98. The molecular formula is C27H21N5OS. The maximum Gasteiger partial charge on any atom is 0.267 e. The average Bonchev–Trinajstić information content (AvgIpc) is 3.28. The fraction of sp³-hybridized carbons (Fsp3) is 0.111. The summed E-state index contributed by atoms with van der Waals surface area (Å²) in [6, 6.07) is 24.0. The first-order chi connectivity index (χ1) is 16.6. The van der Waals surface area contributed by atoms with Crippen molar-refractivity contribution in [1.29, 1.82) is 0 Å². The van der Waals surface area contributed by atoms with Gasteiger partial charge in [0.25, 0.3) is 5.56 Å². The Hall–Kier alpha value is -3.97. The maximum atomic E-state index is 13.6. The molecule has 166 valence electrons. The lowest BCUT2D eigenvalue weighted by atomic mass is 10.1. The van der Waals surface area contributed by atoms with Crippen molar-refractivity contribution in [3.05, 3.63) is 106 Å². The van der Waals surface area contributed by atoms with E-state index in [-0.39, 0.29) is 5.56 Å². The molecule has 7 heteroatoms. The van der Waals surface area contributed by atoms with Gasteiger partial charge in [0.15, 0.2) is 5.16 Å². The van der Waals surface area contributed by atoms with E-state index in [1.54, 1.807) is 16.3 Å². The maximum absolute atomic E-state index is 13.6. The molecule has 0 bridgehead atoms. The van der Waals surface area contributed by atoms with Crippen molar-refractivity contribution in [1.82, 2.24) is 24.1 Å². The van der Waals surface area contributed by atoms with Crippen LogP contribution in [0, 0.1) is 13.8 Å². The van der Waals surface area contributed by atoms with E-state index in [0.717, 1.165) is 44.0 Å². The number of fused-ring (bicyclic) bond motifs is 4. The van der Waals surface area contributed by atoms with Gasteiger partial charge in [0.2, 0.25) is 5.78 Å². The SMILES string of the molecule is Cc1ccc(C)c(-n2c(=O)c3ccccc3n3c(SCc4cccc5cccnc45)nnc23)c1. The Morgan fingerprint density at radius 1 is 0.912 bits per heavy atom. The molecule has 0 spiro atoms. The molecule has 0 N–H and O–H groups in total. The lowest BCUT2D eigenvalue weighted by Crippen LogP contribution is -2.22. The molecule has 0 saturated heterocycles. The molecule has 0 amide bonds. The fourth-order valence-electron chi connectivity index (χ4n) is 4.38. The van der Waals surface area contributed by atoms with Crippen LogP contribution in [0.3, 0.4) is 0 Å². The first-order valence-electron chi connectivity index (χ1n) is 11.0. The molecule has 0 aliphatic heterocycles. The predicted octanol–water partition coefficient (Wildman–Crippen LogP) is 5.49. The van der Waals surface area contributed by atoms with Crippen molar-refractivity contribution in [3.63, 3.8) is 0 Å². The average molecular weight is 464 g/mol. The van der Waals surface area contributed by atoms with E-state index in [4.69, 9.17) is 0 Å². The Morgan fingerprint density at radius 2 is 1.76 bits per heavy atom. The van der Waals surface area contributed by atoms with Gasteiger partial charge in [-0.05, 0) is 54.8 Å². The van der Waals surface area contributed by atoms with Gasteiger partial charge >= 0.3 is 0 Å². The third-order valence-corrected chi connectivity index (χ3v) is 7.05. The zero-order valence-corrected chi connectivity index (χ0v) is 19.6. The van der Waals surface area contributed by atoms with Gasteiger partial charge in [0, 0.05) is 17.3 Å². The molecule has 0 aliphatic rings. The summed E-state index contributed by atoms with van der Waals surface area (Å²) >= 11 is 1.59. The summed E-state index contributed by atoms with van der Waals surface area (Å²) < 4.78 is 3.67. The van der Waals surface area contributed by atoms with Crippen LogP contribution in [-0.4, -0.2) is 24.1 Å². The smallest absolute Gasteiger partial charge is 0.267 e. The second kappa shape index (κ2) is 8.11. The summed E-state index contributed by atoms with van der Waals surface area (Å²) in [5, 5.41) is 11.5. The second-order valence-electron chi connectivity index (χ2n) is 8.35. The van der Waals surface area contributed by atoms with Crippen molar-refractivity contribution in [3.8, 4) is 5.69 Å². The molecule has 0 radical (unpaired) electrons. The van der Waals surface area contributed by atoms with E-state index in [9.17, 15) is 4.79 Å². The van der Waals surface area contributed by atoms with Crippen LogP contribution in [0.4, 0.5) is 0 Å². The summed E-state index contributed by atoms with van der Waals surface area (Å²) in [6.45, 7) is 4.03. The molecular weight excluding hydrogens is 442 g/mol. The predicted molar refractivity (Wildman–Crippen MR) is 137 cm³/mol. The Balaban J connectivity index is 1.55. The summed E-state index contributed by atoms with van der Waals surface area (Å²) in [5.41, 5.74) is 5.73. The number of para-hydroxylation sites is 2. The highest BCUT2D eigenvalue weighted by Gasteiger charge is 2.19. The van der Waals surface area contributed by atoms with Gasteiger partial charge in [0.05, 0.1) is 22.1 Å². The molecule has 34 heavy (non-hydrogen) atoms. The number of nitrogens with zero attached hydrogens (tertiary/aromatic N) is 5. The summed E-state index contributed by atoms with van der Waals surface area (Å²) in [7, 11) is 0. The van der Waals surface area contributed by atoms with Gasteiger partial charge in [-0.25, -0.2) is 4.57 Å². The van der Waals surface area contributed by atoms with Crippen LogP contribution in [0.1, 0.15) is 16.7 Å². The quantitative estimate of drug-likeness (QED) is 0.324. The van der Waals surface area contributed by atoms with Crippen LogP contribution in [0.25, 0.3) is 33.3 Å². The van der Waals surface area contributed by atoms with Gasteiger partial charge in [-0.3, -0.25) is 14.2 Å². The molecule has 0 aliphatic carbocycles. The summed E-state index contributed by atoms with van der Waals surface area (Å²) in [5.74, 6) is 1.20. The highest BCUT2D eigenvalue weighted by atomic mass is 32.2. The van der Waals surface area contributed by atoms with Crippen LogP contribution < -0.4 is 5.56 Å². The van der Waals surface area contributed by atoms with E-state index in [1.165, 1.54) is 0 Å². The van der Waals surface area contributed by atoms with Gasteiger partial charge in [-0.1, -0.05) is 60.3 Å². The molecule has 0 fully saturated rings. The van der Waals surface area contributed by atoms with Crippen molar-refractivity contribution in [2.75, 3.05) is 0 Å². The summed E-state index contributed by atoms with van der Waals surface area (Å²) in [6.07, 6.45) is 1.82. The van der Waals surface area contributed by atoms with Crippen LogP contribution in [-0.2, 0) is 5.75 Å². The minimum Gasteiger partial charge on any atom is -0.268 e. The molecule has 0 saturated carbocycles. The second-order valence-corrected chi connectivity index (χ2v) is 9.29. The van der Waals surface area contributed by atoms with Crippen LogP contribution in [0.15, 0.2) is 88.9 Å². The Bertz CT molecular complexity index is 1760. The van der Waals surface area contributed by atoms with Crippen LogP contribution >= 0.6 is 11.8 Å². The molecule has 6 aromatic rings. The monoisotopic (exact) mass is 463 g/mol. The molecule has 3 aromatic heterocycles. The minimum atomic E-state index is -0.0981. The zero-order chi connectivity index (χ0) is 23.2. The molecule has 3 aromatic carbocycles. The largest absolute Gasteiger partial charge is 0.268 e. The number of thioether (sulfide) groups is 1. The van der Waals surface area contributed by atoms with E-state index < -0.39 is 0 Å². The Kier molecular flexibility index (Phi) is 4.92. The molecule has 6 nitrogen and oxygen atoms in total. The first-order valence-corrected chi connectivity index (χ1v) is 12.0. The number of rotatable bonds is 4. The van der Waals surface area contributed by atoms with Crippen molar-refractivity contribution in [2.45, 2.75) is 24.8 Å². The summed E-state index contributed by atoms with van der Waals surface area (Å²) in [4.78, 5) is 18.2. The third kappa shape index (κ3) is 3.28. The molecule has 3 heterocycles. The Labute approximate surface area is 199 Å². The molecule has 0 unspecified atom stereocenters. The van der Waals surface area contributed by atoms with Crippen LogP contribution in [0.2, 0.25) is 0 Å². The van der Waals surface area contributed by atoms with Crippen LogP contribution in [0.5, 0.6) is 0 Å². The van der Waals surface area contributed by atoms with Crippen molar-refractivity contribution in [2.24, 2.45) is 0 Å². The lowest BCUT2D eigenvalue weighted by molar-refractivity contribution is 0.928. The van der Waals surface area contributed by atoms with Gasteiger partial charge in [-0.2, -0.15) is 0 Å². The minimum absolute atomic E-state index is 0.0981. The molecule has 6 rings (SSSR count). The van der Waals surface area contributed by atoms with E-state index >= 15 is 0 Å².